The number of rotatable bonds is 6. The fourth-order valence-corrected chi connectivity index (χ4v) is 4.28. The Labute approximate surface area is 162 Å². The number of ether oxygens (including phenoxy) is 2. The van der Waals surface area contributed by atoms with Crippen LogP contribution >= 0.6 is 22.9 Å². The van der Waals surface area contributed by atoms with Gasteiger partial charge in [0.1, 0.15) is 5.75 Å². The Balaban J connectivity index is 1.95. The van der Waals surface area contributed by atoms with E-state index >= 15 is 0 Å². The number of aryl methyl sites for hydroxylation is 1. The van der Waals surface area contributed by atoms with Gasteiger partial charge in [0, 0.05) is 22.7 Å². The minimum absolute atomic E-state index is 0.189. The van der Waals surface area contributed by atoms with Gasteiger partial charge in [-0.05, 0) is 37.5 Å². The molecule has 1 aliphatic rings. The fourth-order valence-electron chi connectivity index (χ4n) is 3.01. The van der Waals surface area contributed by atoms with Gasteiger partial charge in [-0.2, -0.15) is 4.99 Å². The average Bonchev–Trinajstić information content (AvgIpc) is 3.26. The molecule has 0 spiro atoms. The standard InChI is InChI=1S/C19H23ClN2O3S/c1-3-5-15-12-22(11-14-6-4-9-25-14)19(26-15)21-18(23)16-10-13(20)7-8-17(16)24-2/h7-8,10,12,14H,3-6,9,11H2,1-2H3/b21-19-. The topological polar surface area (TPSA) is 52.8 Å². The third-order valence-corrected chi connectivity index (χ3v) is 5.59. The molecule has 0 radical (unpaired) electrons. The third-order valence-electron chi connectivity index (χ3n) is 4.28. The van der Waals surface area contributed by atoms with Gasteiger partial charge in [-0.25, -0.2) is 0 Å². The summed E-state index contributed by atoms with van der Waals surface area (Å²) in [5.41, 5.74) is 0.370. The van der Waals surface area contributed by atoms with Crippen LogP contribution in [0.4, 0.5) is 0 Å². The van der Waals surface area contributed by atoms with Crippen LogP contribution in [0.1, 0.15) is 41.4 Å². The zero-order chi connectivity index (χ0) is 18.5. The fraction of sp³-hybridized carbons (Fsp3) is 0.474. The lowest BCUT2D eigenvalue weighted by Crippen LogP contribution is -2.23. The Morgan fingerprint density at radius 1 is 1.50 bits per heavy atom. The van der Waals surface area contributed by atoms with Crippen molar-refractivity contribution in [2.24, 2.45) is 4.99 Å². The molecular formula is C19H23ClN2O3S. The summed E-state index contributed by atoms with van der Waals surface area (Å²) in [7, 11) is 1.53. The van der Waals surface area contributed by atoms with E-state index in [-0.39, 0.29) is 12.0 Å². The molecule has 1 aromatic heterocycles. The first-order valence-electron chi connectivity index (χ1n) is 8.84. The van der Waals surface area contributed by atoms with Crippen LogP contribution in [0.25, 0.3) is 0 Å². The largest absolute Gasteiger partial charge is 0.496 e. The maximum Gasteiger partial charge on any atom is 0.283 e. The predicted molar refractivity (Wildman–Crippen MR) is 103 cm³/mol. The number of aromatic nitrogens is 1. The normalized spacial score (nSPS) is 17.7. The highest BCUT2D eigenvalue weighted by atomic mass is 35.5. The molecule has 5 nitrogen and oxygen atoms in total. The van der Waals surface area contributed by atoms with Gasteiger partial charge in [0.25, 0.3) is 5.91 Å². The van der Waals surface area contributed by atoms with Crippen LogP contribution in [0.3, 0.4) is 0 Å². The van der Waals surface area contributed by atoms with Gasteiger partial charge >= 0.3 is 0 Å². The number of amides is 1. The number of carbonyl (C=O) groups excluding carboxylic acids is 1. The lowest BCUT2D eigenvalue weighted by molar-refractivity contribution is 0.0949. The van der Waals surface area contributed by atoms with Crippen LogP contribution in [0, 0.1) is 0 Å². The lowest BCUT2D eigenvalue weighted by Gasteiger charge is -2.10. The smallest absolute Gasteiger partial charge is 0.283 e. The van der Waals surface area contributed by atoms with Crippen molar-refractivity contribution in [2.45, 2.75) is 45.3 Å². The van der Waals surface area contributed by atoms with E-state index in [9.17, 15) is 4.79 Å². The summed E-state index contributed by atoms with van der Waals surface area (Å²) < 4.78 is 13.1. The first-order valence-corrected chi connectivity index (χ1v) is 10.0. The van der Waals surface area contributed by atoms with Crippen LogP contribution < -0.4 is 9.54 Å². The van der Waals surface area contributed by atoms with Crippen LogP contribution in [0.5, 0.6) is 5.75 Å². The number of carbonyl (C=O) groups is 1. The van der Waals surface area contributed by atoms with Crippen LogP contribution in [0.2, 0.25) is 5.02 Å². The quantitative estimate of drug-likeness (QED) is 0.741. The molecule has 0 N–H and O–H groups in total. The minimum Gasteiger partial charge on any atom is -0.496 e. The van der Waals surface area contributed by atoms with Crippen LogP contribution in [0.15, 0.2) is 29.4 Å². The van der Waals surface area contributed by atoms with Crippen molar-refractivity contribution in [3.63, 3.8) is 0 Å². The number of benzene rings is 1. The molecule has 0 aliphatic carbocycles. The number of thiazole rings is 1. The highest BCUT2D eigenvalue weighted by Gasteiger charge is 2.18. The number of methoxy groups -OCH3 is 1. The lowest BCUT2D eigenvalue weighted by atomic mass is 10.2. The van der Waals surface area contributed by atoms with Crippen molar-refractivity contribution in [1.82, 2.24) is 4.57 Å². The Morgan fingerprint density at radius 2 is 2.35 bits per heavy atom. The van der Waals surface area contributed by atoms with E-state index in [0.29, 0.717) is 21.1 Å². The van der Waals surface area contributed by atoms with Crippen molar-refractivity contribution >= 4 is 28.8 Å². The van der Waals surface area contributed by atoms with E-state index in [2.05, 4.69) is 18.1 Å². The Hall–Kier alpha value is -1.63. The molecule has 1 atom stereocenters. The highest BCUT2D eigenvalue weighted by molar-refractivity contribution is 7.09. The number of nitrogens with zero attached hydrogens (tertiary/aromatic N) is 2. The molecule has 2 heterocycles. The maximum absolute atomic E-state index is 12.8. The van der Waals surface area contributed by atoms with Crippen molar-refractivity contribution in [3.05, 3.63) is 44.7 Å². The summed E-state index contributed by atoms with van der Waals surface area (Å²) in [6.07, 6.45) is 6.44. The molecule has 1 unspecified atom stereocenters. The van der Waals surface area contributed by atoms with E-state index in [0.717, 1.165) is 38.8 Å². The van der Waals surface area contributed by atoms with Gasteiger partial charge in [0.15, 0.2) is 4.80 Å². The average molecular weight is 395 g/mol. The molecule has 140 valence electrons. The molecule has 2 aromatic rings. The molecule has 3 rings (SSSR count). The predicted octanol–water partition coefficient (Wildman–Crippen LogP) is 4.08. The second kappa shape index (κ2) is 8.84. The summed E-state index contributed by atoms with van der Waals surface area (Å²) in [6.45, 7) is 3.67. The Morgan fingerprint density at radius 3 is 3.04 bits per heavy atom. The van der Waals surface area contributed by atoms with Crippen LogP contribution in [-0.2, 0) is 17.7 Å². The third kappa shape index (κ3) is 4.55. The molecule has 1 amide bonds. The van der Waals surface area contributed by atoms with Gasteiger partial charge in [0.05, 0.1) is 25.3 Å². The number of halogens is 1. The first-order chi connectivity index (χ1) is 12.6. The van der Waals surface area contributed by atoms with Gasteiger partial charge in [0.2, 0.25) is 0 Å². The van der Waals surface area contributed by atoms with Crippen molar-refractivity contribution in [2.75, 3.05) is 13.7 Å². The summed E-state index contributed by atoms with van der Waals surface area (Å²) in [4.78, 5) is 19.0. The molecule has 1 aromatic carbocycles. The highest BCUT2D eigenvalue weighted by Crippen LogP contribution is 2.23. The van der Waals surface area contributed by atoms with Gasteiger partial charge in [-0.3, -0.25) is 4.79 Å². The van der Waals surface area contributed by atoms with Gasteiger partial charge < -0.3 is 14.0 Å². The molecule has 0 saturated carbocycles. The molecule has 1 aliphatic heterocycles. The van der Waals surface area contributed by atoms with E-state index in [1.165, 1.54) is 12.0 Å². The molecule has 7 heteroatoms. The zero-order valence-electron chi connectivity index (χ0n) is 15.0. The van der Waals surface area contributed by atoms with Crippen molar-refractivity contribution < 1.29 is 14.3 Å². The zero-order valence-corrected chi connectivity index (χ0v) is 16.6. The summed E-state index contributed by atoms with van der Waals surface area (Å²) in [5.74, 6) is 0.120. The summed E-state index contributed by atoms with van der Waals surface area (Å²) in [6, 6.07) is 4.97. The molecule has 1 saturated heterocycles. The van der Waals surface area contributed by atoms with Gasteiger partial charge in [-0.1, -0.05) is 24.9 Å². The molecule has 1 fully saturated rings. The van der Waals surface area contributed by atoms with Crippen LogP contribution in [-0.4, -0.2) is 30.3 Å². The Kier molecular flexibility index (Phi) is 6.51. The monoisotopic (exact) mass is 394 g/mol. The summed E-state index contributed by atoms with van der Waals surface area (Å²) in [5, 5.41) is 0.481. The van der Waals surface area contributed by atoms with Crippen molar-refractivity contribution in [3.8, 4) is 5.75 Å². The van der Waals surface area contributed by atoms with E-state index < -0.39 is 0 Å². The number of hydrogen-bond acceptors (Lipinski definition) is 4. The maximum atomic E-state index is 12.8. The van der Waals surface area contributed by atoms with Gasteiger partial charge in [-0.15, -0.1) is 11.3 Å². The minimum atomic E-state index is -0.352. The van der Waals surface area contributed by atoms with E-state index in [4.69, 9.17) is 21.1 Å². The molecule has 26 heavy (non-hydrogen) atoms. The van der Waals surface area contributed by atoms with E-state index in [1.54, 1.807) is 29.5 Å². The van der Waals surface area contributed by atoms with Crippen molar-refractivity contribution in [1.29, 1.82) is 0 Å². The second-order valence-electron chi connectivity index (χ2n) is 6.28. The first kappa shape index (κ1) is 19.1. The second-order valence-corrected chi connectivity index (χ2v) is 7.81. The number of hydrogen-bond donors (Lipinski definition) is 0. The summed E-state index contributed by atoms with van der Waals surface area (Å²) >= 11 is 7.60. The molecule has 0 bridgehead atoms. The SMILES string of the molecule is CCCc1cn(CC2CCCO2)/c(=N/C(=O)c2cc(Cl)ccc2OC)s1. The molecular weight excluding hydrogens is 372 g/mol. The van der Waals surface area contributed by atoms with E-state index in [1.807, 2.05) is 4.57 Å². The Bertz CT molecular complexity index is 838.